The maximum Gasteiger partial charge on any atom is 0.213 e. The smallest absolute Gasteiger partial charge is 0.213 e. The summed E-state index contributed by atoms with van der Waals surface area (Å²) in [5.74, 6) is 4.09. The third-order valence-corrected chi connectivity index (χ3v) is 3.08. The summed E-state index contributed by atoms with van der Waals surface area (Å²) in [5, 5.41) is 3.17. The van der Waals surface area contributed by atoms with Gasteiger partial charge in [0.05, 0.1) is 12.7 Å². The Balaban J connectivity index is 1.68. The molecular weight excluding hydrogens is 242 g/mol. The summed E-state index contributed by atoms with van der Waals surface area (Å²) in [7, 11) is 0. The Morgan fingerprint density at radius 3 is 2.95 bits per heavy atom. The van der Waals surface area contributed by atoms with Gasteiger partial charge in [-0.25, -0.2) is 15.0 Å². The lowest BCUT2D eigenvalue weighted by Gasteiger charge is -2.06. The van der Waals surface area contributed by atoms with E-state index in [9.17, 15) is 0 Å². The molecule has 6 heteroatoms. The van der Waals surface area contributed by atoms with Crippen LogP contribution in [0.5, 0.6) is 0 Å². The van der Waals surface area contributed by atoms with Crippen LogP contribution in [-0.4, -0.2) is 15.0 Å². The molecule has 0 atom stereocenters. The summed E-state index contributed by atoms with van der Waals surface area (Å²) in [5.41, 5.74) is 5.79. The highest BCUT2D eigenvalue weighted by Gasteiger charge is 2.27. The lowest BCUT2D eigenvalue weighted by molar-refractivity contribution is 0.465. The second kappa shape index (κ2) is 4.87. The first-order chi connectivity index (χ1) is 9.24. The number of nitrogens with zero attached hydrogens (tertiary/aromatic N) is 3. The quantitative estimate of drug-likeness (QED) is 0.854. The number of oxazole rings is 1. The van der Waals surface area contributed by atoms with Crippen molar-refractivity contribution in [3.63, 3.8) is 0 Å². The number of anilines is 2. The molecule has 2 heterocycles. The van der Waals surface area contributed by atoms with Gasteiger partial charge in [0.2, 0.25) is 5.89 Å². The molecule has 2 aromatic rings. The zero-order valence-corrected chi connectivity index (χ0v) is 10.9. The van der Waals surface area contributed by atoms with Gasteiger partial charge in [0.25, 0.3) is 0 Å². The summed E-state index contributed by atoms with van der Waals surface area (Å²) >= 11 is 0. The molecule has 0 aromatic carbocycles. The van der Waals surface area contributed by atoms with Crippen LogP contribution in [-0.2, 0) is 13.0 Å². The lowest BCUT2D eigenvalue weighted by atomic mass is 10.4. The zero-order valence-electron chi connectivity index (χ0n) is 10.9. The molecule has 19 heavy (non-hydrogen) atoms. The van der Waals surface area contributed by atoms with Gasteiger partial charge >= 0.3 is 0 Å². The molecule has 2 aromatic heterocycles. The predicted octanol–water partition coefficient (Wildman–Crippen LogP) is 2.10. The normalized spacial score (nSPS) is 14.6. The summed E-state index contributed by atoms with van der Waals surface area (Å²) in [6.45, 7) is 2.53. The predicted molar refractivity (Wildman–Crippen MR) is 71.6 cm³/mol. The third-order valence-electron chi connectivity index (χ3n) is 3.08. The van der Waals surface area contributed by atoms with Crippen LogP contribution in [0.25, 0.3) is 0 Å². The van der Waals surface area contributed by atoms with Crippen molar-refractivity contribution in [3.05, 3.63) is 29.7 Å². The molecule has 1 aliphatic carbocycles. The number of hydrogen-bond donors (Lipinski definition) is 2. The van der Waals surface area contributed by atoms with E-state index in [1.54, 1.807) is 12.3 Å². The highest BCUT2D eigenvalue weighted by Crippen LogP contribution is 2.38. The fourth-order valence-electron chi connectivity index (χ4n) is 1.86. The highest BCUT2D eigenvalue weighted by atomic mass is 16.4. The molecular formula is C13H17N5O. The van der Waals surface area contributed by atoms with Crippen molar-refractivity contribution in [2.75, 3.05) is 11.1 Å². The molecule has 0 radical (unpaired) electrons. The Hall–Kier alpha value is -2.11. The topological polar surface area (TPSA) is 89.9 Å². The fourth-order valence-corrected chi connectivity index (χ4v) is 1.86. The zero-order chi connectivity index (χ0) is 13.2. The maximum absolute atomic E-state index is 5.79. The van der Waals surface area contributed by atoms with Crippen molar-refractivity contribution in [2.24, 2.45) is 0 Å². The summed E-state index contributed by atoms with van der Waals surface area (Å²) < 4.78 is 5.53. The largest absolute Gasteiger partial charge is 0.444 e. The Morgan fingerprint density at radius 2 is 2.26 bits per heavy atom. The Bertz CT molecular complexity index is 576. The molecule has 0 spiro atoms. The van der Waals surface area contributed by atoms with E-state index in [1.165, 1.54) is 0 Å². The highest BCUT2D eigenvalue weighted by molar-refractivity contribution is 5.45. The molecule has 6 nitrogen and oxygen atoms in total. The van der Waals surface area contributed by atoms with Crippen LogP contribution >= 0.6 is 0 Å². The van der Waals surface area contributed by atoms with Gasteiger partial charge in [-0.05, 0) is 12.8 Å². The number of hydrogen-bond acceptors (Lipinski definition) is 6. The van der Waals surface area contributed by atoms with Crippen LogP contribution in [0.1, 0.15) is 43.2 Å². The van der Waals surface area contributed by atoms with Gasteiger partial charge in [-0.3, -0.25) is 0 Å². The monoisotopic (exact) mass is 259 g/mol. The minimum atomic E-state index is 0.484. The van der Waals surface area contributed by atoms with Crippen molar-refractivity contribution < 1.29 is 4.42 Å². The maximum atomic E-state index is 5.79. The summed E-state index contributed by atoms with van der Waals surface area (Å²) in [6.07, 6.45) is 4.91. The minimum Gasteiger partial charge on any atom is -0.444 e. The van der Waals surface area contributed by atoms with Gasteiger partial charge in [-0.2, -0.15) is 0 Å². The van der Waals surface area contributed by atoms with Crippen LogP contribution in [0, 0.1) is 0 Å². The SMILES string of the molecule is CCc1cnc(CNc2cc(N)nc(C3CC3)n2)o1. The van der Waals surface area contributed by atoms with Gasteiger partial charge in [-0.15, -0.1) is 0 Å². The molecule has 0 unspecified atom stereocenters. The van der Waals surface area contributed by atoms with Gasteiger partial charge in [0, 0.05) is 18.4 Å². The van der Waals surface area contributed by atoms with Crippen LogP contribution in [0.2, 0.25) is 0 Å². The van der Waals surface area contributed by atoms with E-state index in [2.05, 4.69) is 20.3 Å². The second-order valence-electron chi connectivity index (χ2n) is 4.74. The molecule has 1 saturated carbocycles. The van der Waals surface area contributed by atoms with E-state index < -0.39 is 0 Å². The number of rotatable bonds is 5. The van der Waals surface area contributed by atoms with Gasteiger partial charge in [0.15, 0.2) is 0 Å². The third kappa shape index (κ3) is 2.83. The van der Waals surface area contributed by atoms with E-state index >= 15 is 0 Å². The van der Waals surface area contributed by atoms with Crippen molar-refractivity contribution in [2.45, 2.75) is 38.6 Å². The Morgan fingerprint density at radius 1 is 1.42 bits per heavy atom. The van der Waals surface area contributed by atoms with E-state index in [0.29, 0.717) is 24.2 Å². The van der Waals surface area contributed by atoms with E-state index in [1.807, 2.05) is 6.92 Å². The Labute approximate surface area is 111 Å². The molecule has 1 aliphatic rings. The molecule has 0 aliphatic heterocycles. The minimum absolute atomic E-state index is 0.484. The average molecular weight is 259 g/mol. The van der Waals surface area contributed by atoms with Crippen LogP contribution in [0.3, 0.4) is 0 Å². The molecule has 3 N–H and O–H groups in total. The molecule has 100 valence electrons. The summed E-state index contributed by atoms with van der Waals surface area (Å²) in [4.78, 5) is 12.9. The van der Waals surface area contributed by atoms with Gasteiger partial charge in [0.1, 0.15) is 23.2 Å². The lowest BCUT2D eigenvalue weighted by Crippen LogP contribution is -2.06. The number of aromatic nitrogens is 3. The van der Waals surface area contributed by atoms with E-state index in [0.717, 1.165) is 36.7 Å². The number of nitrogen functional groups attached to an aromatic ring is 1. The number of aryl methyl sites for hydroxylation is 1. The van der Waals surface area contributed by atoms with Crippen LogP contribution in [0.15, 0.2) is 16.7 Å². The first-order valence-electron chi connectivity index (χ1n) is 6.56. The molecule has 0 saturated heterocycles. The van der Waals surface area contributed by atoms with Crippen molar-refractivity contribution in [3.8, 4) is 0 Å². The average Bonchev–Trinajstić information content (AvgIpc) is 3.15. The molecule has 3 rings (SSSR count). The van der Waals surface area contributed by atoms with Crippen molar-refractivity contribution >= 4 is 11.6 Å². The van der Waals surface area contributed by atoms with E-state index in [-0.39, 0.29) is 0 Å². The first kappa shape index (κ1) is 12.0. The van der Waals surface area contributed by atoms with Crippen LogP contribution < -0.4 is 11.1 Å². The van der Waals surface area contributed by atoms with Crippen LogP contribution in [0.4, 0.5) is 11.6 Å². The first-order valence-corrected chi connectivity index (χ1v) is 6.56. The van der Waals surface area contributed by atoms with E-state index in [4.69, 9.17) is 10.2 Å². The molecule has 0 bridgehead atoms. The van der Waals surface area contributed by atoms with Gasteiger partial charge in [-0.1, -0.05) is 6.92 Å². The second-order valence-corrected chi connectivity index (χ2v) is 4.74. The number of nitrogens with one attached hydrogen (secondary N) is 1. The van der Waals surface area contributed by atoms with Crippen molar-refractivity contribution in [1.82, 2.24) is 15.0 Å². The molecule has 1 fully saturated rings. The Kier molecular flexibility index (Phi) is 3.06. The van der Waals surface area contributed by atoms with Gasteiger partial charge < -0.3 is 15.5 Å². The summed E-state index contributed by atoms with van der Waals surface area (Å²) in [6, 6.07) is 1.73. The number of nitrogens with two attached hydrogens (primary N) is 1. The molecule has 0 amide bonds. The fraction of sp³-hybridized carbons (Fsp3) is 0.462. The van der Waals surface area contributed by atoms with Crippen molar-refractivity contribution in [1.29, 1.82) is 0 Å². The standard InChI is InChI=1S/C13H17N5O/c1-2-9-6-16-12(19-9)7-15-11-5-10(14)17-13(18-11)8-3-4-8/h5-6,8H,2-4,7H2,1H3,(H3,14,15,17,18).